The SMILES string of the molecule is CN1C(=O)NC2(CCC(F)(F)CCCc3ccc(Br)cc32)C1=O. The van der Waals surface area contributed by atoms with Gasteiger partial charge in [-0.25, -0.2) is 13.6 Å². The lowest BCUT2D eigenvalue weighted by Gasteiger charge is -2.30. The molecule has 1 N–H and O–H groups in total. The maximum atomic E-state index is 14.0. The zero-order valence-electron chi connectivity index (χ0n) is 12.7. The minimum absolute atomic E-state index is 0.113. The molecule has 0 aromatic heterocycles. The summed E-state index contributed by atoms with van der Waals surface area (Å²) in [6, 6.07) is 4.87. The molecule has 1 aromatic rings. The molecule has 1 spiro atoms. The predicted molar refractivity (Wildman–Crippen MR) is 84.2 cm³/mol. The third-order valence-corrected chi connectivity index (χ3v) is 5.17. The van der Waals surface area contributed by atoms with E-state index in [4.69, 9.17) is 0 Å². The molecule has 124 valence electrons. The first-order valence-electron chi connectivity index (χ1n) is 7.52. The Morgan fingerprint density at radius 1 is 1.22 bits per heavy atom. The molecular formula is C16H17BrF2N2O2. The number of halogens is 3. The molecule has 23 heavy (non-hydrogen) atoms. The van der Waals surface area contributed by atoms with Crippen molar-refractivity contribution in [1.82, 2.24) is 10.2 Å². The molecule has 0 saturated carbocycles. The van der Waals surface area contributed by atoms with Gasteiger partial charge in [-0.05, 0) is 42.5 Å². The van der Waals surface area contributed by atoms with Crippen molar-refractivity contribution in [1.29, 1.82) is 0 Å². The average molecular weight is 387 g/mol. The van der Waals surface area contributed by atoms with Crippen molar-refractivity contribution in [3.05, 3.63) is 33.8 Å². The van der Waals surface area contributed by atoms with Gasteiger partial charge in [-0.3, -0.25) is 9.69 Å². The average Bonchev–Trinajstić information content (AvgIpc) is 2.73. The lowest BCUT2D eigenvalue weighted by atomic mass is 9.82. The van der Waals surface area contributed by atoms with Gasteiger partial charge in [0, 0.05) is 24.4 Å². The van der Waals surface area contributed by atoms with E-state index in [1.165, 1.54) is 7.05 Å². The van der Waals surface area contributed by atoms with Gasteiger partial charge >= 0.3 is 6.03 Å². The topological polar surface area (TPSA) is 49.4 Å². The normalized spacial score (nSPS) is 27.2. The second kappa shape index (κ2) is 5.54. The molecule has 1 fully saturated rings. The van der Waals surface area contributed by atoms with E-state index in [1.807, 2.05) is 12.1 Å². The minimum Gasteiger partial charge on any atom is -0.319 e. The number of amides is 3. The fourth-order valence-corrected chi connectivity index (χ4v) is 3.74. The Labute approximate surface area is 141 Å². The number of fused-ring (bicyclic) bond motifs is 2. The number of aryl methyl sites for hydroxylation is 1. The van der Waals surface area contributed by atoms with Crippen LogP contribution in [-0.4, -0.2) is 29.8 Å². The maximum absolute atomic E-state index is 14.0. The lowest BCUT2D eigenvalue weighted by Crippen LogP contribution is -2.45. The number of urea groups is 1. The summed E-state index contributed by atoms with van der Waals surface area (Å²) >= 11 is 3.37. The number of hydrogen-bond donors (Lipinski definition) is 1. The van der Waals surface area contributed by atoms with E-state index in [0.29, 0.717) is 18.4 Å². The summed E-state index contributed by atoms with van der Waals surface area (Å²) in [7, 11) is 1.37. The number of nitrogens with one attached hydrogen (secondary N) is 1. The van der Waals surface area contributed by atoms with Gasteiger partial charge in [0.1, 0.15) is 5.54 Å². The summed E-state index contributed by atoms with van der Waals surface area (Å²) in [4.78, 5) is 25.7. The number of carbonyl (C=O) groups is 2. The maximum Gasteiger partial charge on any atom is 0.325 e. The quantitative estimate of drug-likeness (QED) is 0.692. The Kier molecular flexibility index (Phi) is 3.94. The van der Waals surface area contributed by atoms with Gasteiger partial charge in [-0.15, -0.1) is 0 Å². The molecule has 0 radical (unpaired) electrons. The van der Waals surface area contributed by atoms with Crippen molar-refractivity contribution < 1.29 is 18.4 Å². The van der Waals surface area contributed by atoms with E-state index in [0.717, 1.165) is 14.9 Å². The highest BCUT2D eigenvalue weighted by molar-refractivity contribution is 9.10. The van der Waals surface area contributed by atoms with Gasteiger partial charge in [0.05, 0.1) is 0 Å². The zero-order valence-corrected chi connectivity index (χ0v) is 14.3. The molecule has 1 aromatic carbocycles. The third kappa shape index (κ3) is 2.75. The van der Waals surface area contributed by atoms with Gasteiger partial charge in [0.25, 0.3) is 5.91 Å². The van der Waals surface area contributed by atoms with Crippen LogP contribution in [0.3, 0.4) is 0 Å². The number of hydrogen-bond acceptors (Lipinski definition) is 2. The molecule has 1 heterocycles. The van der Waals surface area contributed by atoms with E-state index in [1.54, 1.807) is 6.07 Å². The monoisotopic (exact) mass is 386 g/mol. The van der Waals surface area contributed by atoms with Gasteiger partial charge in [-0.1, -0.05) is 22.0 Å². The molecule has 1 unspecified atom stereocenters. The van der Waals surface area contributed by atoms with Gasteiger partial charge < -0.3 is 5.32 Å². The summed E-state index contributed by atoms with van der Waals surface area (Å²) in [5, 5.41) is 2.67. The lowest BCUT2D eigenvalue weighted by molar-refractivity contribution is -0.131. The predicted octanol–water partition coefficient (Wildman–Crippen LogP) is 3.58. The van der Waals surface area contributed by atoms with Crippen molar-refractivity contribution >= 4 is 27.9 Å². The standard InChI is InChI=1S/C16H17BrF2N2O2/c1-21-13(22)16(20-14(21)23)8-7-15(18,19)6-2-3-10-4-5-11(17)9-12(10)16/h4-5,9H,2-3,6-8H2,1H3,(H,20,23). The molecular weight excluding hydrogens is 370 g/mol. The summed E-state index contributed by atoms with van der Waals surface area (Å²) in [6.07, 6.45) is 0.0379. The number of alkyl halides is 2. The van der Waals surface area contributed by atoms with Crippen LogP contribution in [-0.2, 0) is 16.8 Å². The number of rotatable bonds is 0. The molecule has 7 heteroatoms. The Balaban J connectivity index is 2.17. The number of nitrogens with zero attached hydrogens (tertiary/aromatic N) is 1. The highest BCUT2D eigenvalue weighted by atomic mass is 79.9. The van der Waals surface area contributed by atoms with Crippen LogP contribution in [0.1, 0.15) is 36.8 Å². The Morgan fingerprint density at radius 2 is 1.96 bits per heavy atom. The fourth-order valence-electron chi connectivity index (χ4n) is 3.38. The second-order valence-electron chi connectivity index (χ2n) is 6.21. The molecule has 0 bridgehead atoms. The zero-order chi connectivity index (χ0) is 16.8. The number of likely N-dealkylation sites (N-methyl/N-ethyl adjacent to an activating group) is 1. The number of benzene rings is 1. The summed E-state index contributed by atoms with van der Waals surface area (Å²) < 4.78 is 28.8. The highest BCUT2D eigenvalue weighted by Gasteiger charge is 2.53. The van der Waals surface area contributed by atoms with Crippen LogP contribution in [0.5, 0.6) is 0 Å². The Hall–Kier alpha value is -1.50. The molecule has 3 rings (SSSR count). The van der Waals surface area contributed by atoms with Crippen molar-refractivity contribution in [3.8, 4) is 0 Å². The van der Waals surface area contributed by atoms with Crippen molar-refractivity contribution in [3.63, 3.8) is 0 Å². The van der Waals surface area contributed by atoms with E-state index >= 15 is 0 Å². The first-order chi connectivity index (χ1) is 10.8. The number of imide groups is 1. The third-order valence-electron chi connectivity index (χ3n) is 4.68. The van der Waals surface area contributed by atoms with Crippen LogP contribution in [0.25, 0.3) is 0 Å². The second-order valence-corrected chi connectivity index (χ2v) is 7.13. The molecule has 1 aliphatic carbocycles. The molecule has 3 amide bonds. The smallest absolute Gasteiger partial charge is 0.319 e. The Morgan fingerprint density at radius 3 is 2.61 bits per heavy atom. The van der Waals surface area contributed by atoms with Gasteiger partial charge in [0.15, 0.2) is 0 Å². The van der Waals surface area contributed by atoms with Crippen molar-refractivity contribution in [2.45, 2.75) is 43.6 Å². The Bertz CT molecular complexity index is 680. The van der Waals surface area contributed by atoms with Crippen LogP contribution in [0.15, 0.2) is 22.7 Å². The van der Waals surface area contributed by atoms with Crippen LogP contribution < -0.4 is 5.32 Å². The number of carbonyl (C=O) groups excluding carboxylic acids is 2. The van der Waals surface area contributed by atoms with E-state index in [-0.39, 0.29) is 12.8 Å². The molecule has 2 aliphatic rings. The van der Waals surface area contributed by atoms with E-state index in [2.05, 4.69) is 21.2 Å². The van der Waals surface area contributed by atoms with Crippen LogP contribution in [0, 0.1) is 0 Å². The molecule has 1 atom stereocenters. The minimum atomic E-state index is -2.83. The largest absolute Gasteiger partial charge is 0.325 e. The molecule has 1 saturated heterocycles. The van der Waals surface area contributed by atoms with Crippen LogP contribution in [0.2, 0.25) is 0 Å². The molecule has 1 aliphatic heterocycles. The summed E-state index contributed by atoms with van der Waals surface area (Å²) in [5.41, 5.74) is 0.0424. The molecule has 4 nitrogen and oxygen atoms in total. The first kappa shape index (κ1) is 16.4. The van der Waals surface area contributed by atoms with Crippen LogP contribution >= 0.6 is 15.9 Å². The fraction of sp³-hybridized carbons (Fsp3) is 0.500. The van der Waals surface area contributed by atoms with Crippen molar-refractivity contribution in [2.24, 2.45) is 0 Å². The van der Waals surface area contributed by atoms with Crippen LogP contribution in [0.4, 0.5) is 13.6 Å². The highest BCUT2D eigenvalue weighted by Crippen LogP contribution is 2.41. The van der Waals surface area contributed by atoms with Crippen molar-refractivity contribution in [2.75, 3.05) is 7.05 Å². The van der Waals surface area contributed by atoms with E-state index in [9.17, 15) is 18.4 Å². The first-order valence-corrected chi connectivity index (χ1v) is 8.31. The van der Waals surface area contributed by atoms with E-state index < -0.39 is 29.8 Å². The summed E-state index contributed by atoms with van der Waals surface area (Å²) in [6.45, 7) is 0. The van der Waals surface area contributed by atoms with Gasteiger partial charge in [-0.2, -0.15) is 0 Å². The summed E-state index contributed by atoms with van der Waals surface area (Å²) in [5.74, 6) is -3.31. The van der Waals surface area contributed by atoms with Gasteiger partial charge in [0.2, 0.25) is 5.92 Å².